The quantitative estimate of drug-likeness (QED) is 0.348. The van der Waals surface area contributed by atoms with Crippen molar-refractivity contribution >= 4 is 33.6 Å². The molecule has 3 N–H and O–H groups in total. The van der Waals surface area contributed by atoms with Crippen LogP contribution in [0.1, 0.15) is 25.2 Å². The molecule has 1 atom stereocenters. The maximum absolute atomic E-state index is 14.6. The van der Waals surface area contributed by atoms with E-state index in [-0.39, 0.29) is 16.7 Å². The van der Waals surface area contributed by atoms with Gasteiger partial charge in [0.1, 0.15) is 28.7 Å². The van der Waals surface area contributed by atoms with Gasteiger partial charge in [0.05, 0.1) is 17.9 Å². The zero-order valence-electron chi connectivity index (χ0n) is 17.7. The predicted molar refractivity (Wildman–Crippen MR) is 120 cm³/mol. The van der Waals surface area contributed by atoms with Crippen LogP contribution in [0.3, 0.4) is 0 Å². The summed E-state index contributed by atoms with van der Waals surface area (Å²) in [6.45, 7) is 1.82. The van der Waals surface area contributed by atoms with Crippen LogP contribution in [0.15, 0.2) is 53.8 Å². The summed E-state index contributed by atoms with van der Waals surface area (Å²) in [5.74, 6) is -2.24. The highest BCUT2D eigenvalue weighted by Gasteiger charge is 2.23. The van der Waals surface area contributed by atoms with E-state index in [1.807, 2.05) is 6.92 Å². The number of hydrogen-bond donors (Lipinski definition) is 3. The number of para-hydroxylation sites is 1. The van der Waals surface area contributed by atoms with Crippen molar-refractivity contribution in [1.82, 2.24) is 29.6 Å². The van der Waals surface area contributed by atoms with E-state index in [1.165, 1.54) is 30.9 Å². The van der Waals surface area contributed by atoms with E-state index in [1.54, 1.807) is 0 Å². The van der Waals surface area contributed by atoms with Gasteiger partial charge >= 0.3 is 0 Å². The number of halogens is 3. The second-order valence-electron chi connectivity index (χ2n) is 7.38. The molecule has 0 bridgehead atoms. The Bertz CT molecular complexity index is 1560. The summed E-state index contributed by atoms with van der Waals surface area (Å²) in [4.78, 5) is 33.2. The normalized spacial score (nSPS) is 12.2. The minimum atomic E-state index is -0.929. The molecule has 0 radical (unpaired) electrons. The molecule has 0 aliphatic carbocycles. The van der Waals surface area contributed by atoms with E-state index in [4.69, 9.17) is 0 Å². The third-order valence-electron chi connectivity index (χ3n) is 5.31. The number of fused-ring (bicyclic) bond motifs is 2. The van der Waals surface area contributed by atoms with Crippen molar-refractivity contribution in [2.75, 3.05) is 10.7 Å². The Morgan fingerprint density at radius 1 is 1.03 bits per heavy atom. The van der Waals surface area contributed by atoms with Gasteiger partial charge in [0.25, 0.3) is 5.56 Å². The summed E-state index contributed by atoms with van der Waals surface area (Å²) < 4.78 is 44.2. The molecular weight excluding hydrogens is 449 g/mol. The molecule has 172 valence electrons. The van der Waals surface area contributed by atoms with Gasteiger partial charge in [-0.25, -0.2) is 37.8 Å². The highest BCUT2D eigenvalue weighted by Crippen LogP contribution is 2.26. The molecule has 12 heteroatoms. The molecule has 0 unspecified atom stereocenters. The molecule has 0 aliphatic rings. The van der Waals surface area contributed by atoms with Gasteiger partial charge in [0.15, 0.2) is 28.9 Å². The third-order valence-corrected chi connectivity index (χ3v) is 5.31. The zero-order valence-corrected chi connectivity index (χ0v) is 17.7. The molecule has 0 saturated carbocycles. The first-order valence-corrected chi connectivity index (χ1v) is 10.3. The van der Waals surface area contributed by atoms with Crippen LogP contribution in [0.2, 0.25) is 0 Å². The van der Waals surface area contributed by atoms with E-state index >= 15 is 0 Å². The molecule has 3 aromatic heterocycles. The number of benzene rings is 2. The van der Waals surface area contributed by atoms with Gasteiger partial charge in [-0.2, -0.15) is 0 Å². The molecule has 0 fully saturated rings. The minimum Gasteiger partial charge on any atom is -0.358 e. The Morgan fingerprint density at radius 3 is 2.53 bits per heavy atom. The standard InChI is InChI=1S/C22H17F3N8O/c1-2-14(30-20-18-19(27-9-26-18)28-10-29-20)21-31-15-8-4-5-11(23)16(15)22(34)33(21)32-17-12(24)6-3-7-13(17)25/h3-10,14,32H,2H2,1H3,(H2,26,27,28,29,30)/t14-/m0/s1. The van der Waals surface area contributed by atoms with E-state index < -0.39 is 34.7 Å². The zero-order chi connectivity index (χ0) is 23.8. The lowest BCUT2D eigenvalue weighted by Crippen LogP contribution is -2.34. The van der Waals surface area contributed by atoms with Crippen molar-refractivity contribution < 1.29 is 13.2 Å². The molecule has 0 saturated heterocycles. The molecule has 3 heterocycles. The van der Waals surface area contributed by atoms with Crippen molar-refractivity contribution in [3.63, 3.8) is 0 Å². The lowest BCUT2D eigenvalue weighted by atomic mass is 10.1. The van der Waals surface area contributed by atoms with Crippen LogP contribution >= 0.6 is 0 Å². The van der Waals surface area contributed by atoms with E-state index in [0.29, 0.717) is 23.4 Å². The Morgan fingerprint density at radius 2 is 1.76 bits per heavy atom. The van der Waals surface area contributed by atoms with Crippen molar-refractivity contribution in [2.45, 2.75) is 19.4 Å². The molecule has 0 spiro atoms. The first-order valence-electron chi connectivity index (χ1n) is 10.3. The van der Waals surface area contributed by atoms with Gasteiger partial charge in [-0.1, -0.05) is 19.1 Å². The highest BCUT2D eigenvalue weighted by atomic mass is 19.1. The second kappa shape index (κ2) is 8.46. The number of rotatable bonds is 6. The number of nitrogens with one attached hydrogen (secondary N) is 3. The Hall–Kier alpha value is -4.48. The van der Waals surface area contributed by atoms with Crippen LogP contribution in [0.25, 0.3) is 22.1 Å². The van der Waals surface area contributed by atoms with Crippen molar-refractivity contribution in [2.24, 2.45) is 0 Å². The molecule has 0 aliphatic heterocycles. The lowest BCUT2D eigenvalue weighted by Gasteiger charge is -2.23. The maximum Gasteiger partial charge on any atom is 0.283 e. The van der Waals surface area contributed by atoms with Gasteiger partial charge in [-0.15, -0.1) is 0 Å². The van der Waals surface area contributed by atoms with Crippen LogP contribution in [0.5, 0.6) is 0 Å². The number of aromatic amines is 1. The summed E-state index contributed by atoms with van der Waals surface area (Å²) in [6, 6.07) is 6.61. The fraction of sp³-hybridized carbons (Fsp3) is 0.136. The third kappa shape index (κ3) is 3.58. The smallest absolute Gasteiger partial charge is 0.283 e. The molecular formula is C22H17F3N8O. The van der Waals surface area contributed by atoms with Crippen LogP contribution < -0.4 is 16.3 Å². The minimum absolute atomic E-state index is 0.0653. The number of nitrogens with zero attached hydrogens (tertiary/aromatic N) is 5. The fourth-order valence-electron chi connectivity index (χ4n) is 3.65. The summed E-state index contributed by atoms with van der Waals surface area (Å²) in [5, 5.41) is 2.84. The maximum atomic E-state index is 14.6. The summed E-state index contributed by atoms with van der Waals surface area (Å²) in [7, 11) is 0. The second-order valence-corrected chi connectivity index (χ2v) is 7.38. The average Bonchev–Trinajstić information content (AvgIpc) is 3.31. The van der Waals surface area contributed by atoms with Gasteiger partial charge in [0, 0.05) is 0 Å². The first-order chi connectivity index (χ1) is 16.5. The SMILES string of the molecule is CC[C@H](Nc1ncnc2[nH]cnc12)c1nc2cccc(F)c2c(=O)n1Nc1c(F)cccc1F. The molecule has 34 heavy (non-hydrogen) atoms. The van der Waals surface area contributed by atoms with Crippen LogP contribution in [-0.2, 0) is 0 Å². The largest absolute Gasteiger partial charge is 0.358 e. The number of anilines is 2. The molecule has 0 amide bonds. The van der Waals surface area contributed by atoms with E-state index in [2.05, 4.69) is 35.7 Å². The number of hydrogen-bond acceptors (Lipinski definition) is 7. The topological polar surface area (TPSA) is 113 Å². The fourth-order valence-corrected chi connectivity index (χ4v) is 3.65. The average molecular weight is 466 g/mol. The van der Waals surface area contributed by atoms with Gasteiger partial charge in [-0.05, 0) is 30.7 Å². The van der Waals surface area contributed by atoms with Gasteiger partial charge < -0.3 is 10.3 Å². The van der Waals surface area contributed by atoms with Crippen LogP contribution in [-0.4, -0.2) is 29.6 Å². The first kappa shape index (κ1) is 21.4. The van der Waals surface area contributed by atoms with Gasteiger partial charge in [0.2, 0.25) is 0 Å². The Balaban J connectivity index is 1.70. The van der Waals surface area contributed by atoms with E-state index in [9.17, 15) is 18.0 Å². The molecule has 5 aromatic rings. The predicted octanol–water partition coefficient (Wildman–Crippen LogP) is 3.92. The van der Waals surface area contributed by atoms with Crippen molar-refractivity contribution in [1.29, 1.82) is 0 Å². The Kier molecular flexibility index (Phi) is 5.32. The molecule has 5 rings (SSSR count). The summed E-state index contributed by atoms with van der Waals surface area (Å²) in [6.07, 6.45) is 3.17. The molecule has 9 nitrogen and oxygen atoms in total. The Labute approximate surface area is 189 Å². The van der Waals surface area contributed by atoms with Crippen molar-refractivity contribution in [3.05, 3.63) is 82.7 Å². The van der Waals surface area contributed by atoms with E-state index in [0.717, 1.165) is 22.9 Å². The number of imidazole rings is 1. The molecule has 2 aromatic carbocycles. The summed E-state index contributed by atoms with van der Waals surface area (Å²) in [5.41, 5.74) is 2.07. The number of aromatic nitrogens is 6. The summed E-state index contributed by atoms with van der Waals surface area (Å²) >= 11 is 0. The lowest BCUT2D eigenvalue weighted by molar-refractivity contribution is 0.576. The van der Waals surface area contributed by atoms with Crippen LogP contribution in [0.4, 0.5) is 24.7 Å². The number of H-pyrrole nitrogens is 1. The van der Waals surface area contributed by atoms with Gasteiger partial charge in [-0.3, -0.25) is 10.2 Å². The highest BCUT2D eigenvalue weighted by molar-refractivity contribution is 5.82. The van der Waals surface area contributed by atoms with Crippen molar-refractivity contribution in [3.8, 4) is 0 Å². The monoisotopic (exact) mass is 466 g/mol. The van der Waals surface area contributed by atoms with Crippen LogP contribution in [0, 0.1) is 17.5 Å².